The van der Waals surface area contributed by atoms with Crippen LogP contribution in [0.15, 0.2) is 6.07 Å². The molecule has 0 bridgehead atoms. The molecule has 0 saturated carbocycles. The Balaban J connectivity index is 2.22. The highest BCUT2D eigenvalue weighted by Gasteiger charge is 2.39. The first-order chi connectivity index (χ1) is 10.9. The third-order valence-corrected chi connectivity index (χ3v) is 4.61. The maximum atomic E-state index is 12.9. The number of amides is 1. The molecule has 2 atom stereocenters. The molecule has 23 heavy (non-hydrogen) atoms. The van der Waals surface area contributed by atoms with Gasteiger partial charge in [0.2, 0.25) is 0 Å². The van der Waals surface area contributed by atoms with Crippen molar-refractivity contribution in [1.29, 1.82) is 0 Å². The van der Waals surface area contributed by atoms with Crippen molar-refractivity contribution in [3.05, 3.63) is 17.5 Å². The molecular weight excluding hydrogens is 294 g/mol. The molecule has 1 aliphatic rings. The van der Waals surface area contributed by atoms with Gasteiger partial charge in [0.25, 0.3) is 5.91 Å². The van der Waals surface area contributed by atoms with Gasteiger partial charge in [0.15, 0.2) is 0 Å². The molecule has 1 N–H and O–H groups in total. The second kappa shape index (κ2) is 7.15. The van der Waals surface area contributed by atoms with Gasteiger partial charge in [-0.1, -0.05) is 27.2 Å². The number of carbonyl (C=O) groups excluding carboxylic acids is 1. The third-order valence-electron chi connectivity index (χ3n) is 4.61. The van der Waals surface area contributed by atoms with Crippen LogP contribution in [-0.4, -0.2) is 44.8 Å². The van der Waals surface area contributed by atoms with Crippen LogP contribution in [0, 0.1) is 11.8 Å². The first kappa shape index (κ1) is 17.5. The zero-order valence-corrected chi connectivity index (χ0v) is 14.5. The summed E-state index contributed by atoms with van der Waals surface area (Å²) in [6.45, 7) is 9.54. The Hall–Kier alpha value is -1.85. The molecule has 1 aliphatic heterocycles. The molecule has 6 nitrogen and oxygen atoms in total. The molecule has 0 unspecified atom stereocenters. The number of carboxylic acids is 1. The van der Waals surface area contributed by atoms with Crippen LogP contribution in [0.4, 0.5) is 0 Å². The van der Waals surface area contributed by atoms with Gasteiger partial charge in [0.1, 0.15) is 5.69 Å². The van der Waals surface area contributed by atoms with E-state index in [9.17, 15) is 14.7 Å². The van der Waals surface area contributed by atoms with Crippen LogP contribution < -0.4 is 0 Å². The number of aromatic nitrogens is 2. The molecule has 2 heterocycles. The zero-order valence-electron chi connectivity index (χ0n) is 14.5. The van der Waals surface area contributed by atoms with Crippen molar-refractivity contribution >= 4 is 11.9 Å². The highest BCUT2D eigenvalue weighted by atomic mass is 16.4. The Kier molecular flexibility index (Phi) is 5.44. The van der Waals surface area contributed by atoms with Gasteiger partial charge in [0.05, 0.1) is 11.6 Å². The average molecular weight is 321 g/mol. The van der Waals surface area contributed by atoms with Crippen molar-refractivity contribution in [3.8, 4) is 0 Å². The van der Waals surface area contributed by atoms with E-state index in [1.807, 2.05) is 33.8 Å². The van der Waals surface area contributed by atoms with E-state index in [4.69, 9.17) is 0 Å². The summed E-state index contributed by atoms with van der Waals surface area (Å²) >= 11 is 0. The van der Waals surface area contributed by atoms with E-state index in [-0.39, 0.29) is 17.7 Å². The summed E-state index contributed by atoms with van der Waals surface area (Å²) in [7, 11) is 0. The highest BCUT2D eigenvalue weighted by Crippen LogP contribution is 2.29. The monoisotopic (exact) mass is 321 g/mol. The van der Waals surface area contributed by atoms with E-state index >= 15 is 0 Å². The van der Waals surface area contributed by atoms with Crippen LogP contribution in [0.3, 0.4) is 0 Å². The predicted molar refractivity (Wildman–Crippen MR) is 87.4 cm³/mol. The minimum absolute atomic E-state index is 0.0454. The first-order valence-electron chi connectivity index (χ1n) is 8.48. The number of carboxylic acid groups (broad SMARTS) is 1. The topological polar surface area (TPSA) is 75.4 Å². The second-order valence-electron chi connectivity index (χ2n) is 6.63. The Bertz CT molecular complexity index is 580. The predicted octanol–water partition coefficient (Wildman–Crippen LogP) is 2.60. The van der Waals surface area contributed by atoms with Gasteiger partial charge in [-0.3, -0.25) is 14.3 Å². The lowest BCUT2D eigenvalue weighted by atomic mass is 9.92. The van der Waals surface area contributed by atoms with Crippen molar-refractivity contribution in [2.24, 2.45) is 11.8 Å². The molecule has 0 aromatic carbocycles. The smallest absolute Gasteiger partial charge is 0.308 e. The number of rotatable bonds is 6. The Morgan fingerprint density at radius 3 is 2.57 bits per heavy atom. The molecule has 0 spiro atoms. The number of likely N-dealkylation sites (tertiary alicyclic amines) is 1. The van der Waals surface area contributed by atoms with Crippen molar-refractivity contribution < 1.29 is 14.7 Å². The van der Waals surface area contributed by atoms with Crippen molar-refractivity contribution in [1.82, 2.24) is 14.7 Å². The summed E-state index contributed by atoms with van der Waals surface area (Å²) in [6.07, 6.45) is 1.77. The fourth-order valence-corrected chi connectivity index (χ4v) is 3.27. The highest BCUT2D eigenvalue weighted by molar-refractivity contribution is 5.93. The third kappa shape index (κ3) is 3.57. The lowest BCUT2D eigenvalue weighted by Crippen LogP contribution is -2.31. The van der Waals surface area contributed by atoms with Crippen molar-refractivity contribution in [2.45, 2.75) is 53.0 Å². The summed E-state index contributed by atoms with van der Waals surface area (Å²) in [5.74, 6) is -1.06. The van der Waals surface area contributed by atoms with Crippen LogP contribution in [0.1, 0.15) is 62.6 Å². The van der Waals surface area contributed by atoms with Crippen LogP contribution in [0.25, 0.3) is 0 Å². The molecule has 2 rings (SSSR count). The molecule has 0 radical (unpaired) electrons. The summed E-state index contributed by atoms with van der Waals surface area (Å²) in [5, 5.41) is 13.9. The fourth-order valence-electron chi connectivity index (χ4n) is 3.27. The second-order valence-corrected chi connectivity index (χ2v) is 6.63. The van der Waals surface area contributed by atoms with Gasteiger partial charge in [0, 0.05) is 19.6 Å². The zero-order chi connectivity index (χ0) is 17.1. The first-order valence-corrected chi connectivity index (χ1v) is 8.48. The van der Waals surface area contributed by atoms with Crippen molar-refractivity contribution in [2.75, 3.05) is 13.1 Å². The van der Waals surface area contributed by atoms with Gasteiger partial charge in [-0.05, 0) is 31.2 Å². The van der Waals surface area contributed by atoms with Gasteiger partial charge in [-0.2, -0.15) is 5.10 Å². The Morgan fingerprint density at radius 2 is 2.04 bits per heavy atom. The number of aliphatic carboxylic acids is 1. The van der Waals surface area contributed by atoms with Crippen LogP contribution in [0.5, 0.6) is 0 Å². The minimum atomic E-state index is -0.800. The molecule has 1 saturated heterocycles. The standard InChI is InChI=1S/C17H27N3O3/c1-5-7-12-9-19(10-13(12)17(22)23)16(21)15-8-14(11(3)4)18-20(15)6-2/h8,11-13H,5-7,9-10H2,1-4H3,(H,22,23)/t12-,13-/m1/s1. The average Bonchev–Trinajstić information content (AvgIpc) is 3.10. The Morgan fingerprint density at radius 1 is 1.35 bits per heavy atom. The molecule has 0 aliphatic carbocycles. The normalized spacial score (nSPS) is 21.2. The van der Waals surface area contributed by atoms with E-state index in [0.717, 1.165) is 18.5 Å². The number of carbonyl (C=O) groups is 2. The molecule has 128 valence electrons. The van der Waals surface area contributed by atoms with Gasteiger partial charge in [-0.25, -0.2) is 0 Å². The molecular formula is C17H27N3O3. The lowest BCUT2D eigenvalue weighted by molar-refractivity contribution is -0.142. The minimum Gasteiger partial charge on any atom is -0.481 e. The number of hydrogen-bond donors (Lipinski definition) is 1. The number of hydrogen-bond acceptors (Lipinski definition) is 3. The molecule has 1 aromatic rings. The quantitative estimate of drug-likeness (QED) is 0.874. The molecule has 1 amide bonds. The van der Waals surface area contributed by atoms with E-state index in [2.05, 4.69) is 5.10 Å². The molecule has 6 heteroatoms. The summed E-state index contributed by atoms with van der Waals surface area (Å²) in [5.41, 5.74) is 1.46. The molecule has 1 fully saturated rings. The summed E-state index contributed by atoms with van der Waals surface area (Å²) in [6, 6.07) is 1.85. The largest absolute Gasteiger partial charge is 0.481 e. The lowest BCUT2D eigenvalue weighted by Gasteiger charge is -2.16. The van der Waals surface area contributed by atoms with Crippen LogP contribution in [-0.2, 0) is 11.3 Å². The van der Waals surface area contributed by atoms with Gasteiger partial charge in [-0.15, -0.1) is 0 Å². The fraction of sp³-hybridized carbons (Fsp3) is 0.706. The number of aryl methyl sites for hydroxylation is 1. The van der Waals surface area contributed by atoms with E-state index in [1.165, 1.54) is 0 Å². The van der Waals surface area contributed by atoms with Crippen LogP contribution in [0.2, 0.25) is 0 Å². The van der Waals surface area contributed by atoms with Crippen molar-refractivity contribution in [3.63, 3.8) is 0 Å². The van der Waals surface area contributed by atoms with E-state index in [0.29, 0.717) is 25.3 Å². The van der Waals surface area contributed by atoms with E-state index < -0.39 is 11.9 Å². The van der Waals surface area contributed by atoms with Gasteiger partial charge >= 0.3 is 5.97 Å². The summed E-state index contributed by atoms with van der Waals surface area (Å²) in [4.78, 5) is 26.0. The van der Waals surface area contributed by atoms with Gasteiger partial charge < -0.3 is 10.0 Å². The number of nitrogens with zero attached hydrogens (tertiary/aromatic N) is 3. The van der Waals surface area contributed by atoms with Crippen LogP contribution >= 0.6 is 0 Å². The maximum Gasteiger partial charge on any atom is 0.308 e. The Labute approximate surface area is 137 Å². The van der Waals surface area contributed by atoms with E-state index in [1.54, 1.807) is 9.58 Å². The summed E-state index contributed by atoms with van der Waals surface area (Å²) < 4.78 is 1.72. The SMILES string of the molecule is CCC[C@@H]1CN(C(=O)c2cc(C(C)C)nn2CC)C[C@H]1C(=O)O. The maximum absolute atomic E-state index is 12.9. The molecule has 1 aromatic heterocycles.